The molecular weight excluding hydrogens is 374 g/mol. The largest absolute Gasteiger partial charge is 0.484 e. The maximum atomic E-state index is 11.8. The summed E-state index contributed by atoms with van der Waals surface area (Å²) in [6.45, 7) is -0.194. The molecule has 0 saturated carbocycles. The van der Waals surface area contributed by atoms with Crippen LogP contribution in [0.1, 0.15) is 5.56 Å². The number of hydrazine groups is 1. The molecule has 0 saturated heterocycles. The number of benzene rings is 2. The van der Waals surface area contributed by atoms with Crippen LogP contribution in [0.3, 0.4) is 0 Å². The molecule has 0 atom stereocenters. The van der Waals surface area contributed by atoms with Crippen LogP contribution in [-0.4, -0.2) is 23.5 Å². The number of carbonyl (C=O) groups is 2. The Morgan fingerprint density at radius 3 is 2.46 bits per heavy atom. The molecular formula is C18H16ClN3O3S. The standard InChI is InChI=1S/C18H16ClN3O3S/c19-15-9-5-4-6-13(15)10-11-16(23)20-18(26)22-21-17(24)12-25-14-7-2-1-3-8-14/h1-11H,12H2,(H,21,24)(H2,20,22,23,26). The van der Waals surface area contributed by atoms with E-state index in [9.17, 15) is 9.59 Å². The van der Waals surface area contributed by atoms with Gasteiger partial charge in [0.2, 0.25) is 5.91 Å². The van der Waals surface area contributed by atoms with E-state index in [0.29, 0.717) is 16.3 Å². The fourth-order valence-electron chi connectivity index (χ4n) is 1.79. The minimum absolute atomic E-state index is 0.0492. The number of para-hydroxylation sites is 1. The highest BCUT2D eigenvalue weighted by molar-refractivity contribution is 7.80. The number of ether oxygens (including phenoxy) is 1. The third kappa shape index (κ3) is 6.92. The second-order valence-corrected chi connectivity index (χ2v) is 5.76. The van der Waals surface area contributed by atoms with Crippen molar-refractivity contribution >= 4 is 46.8 Å². The Balaban J connectivity index is 1.70. The van der Waals surface area contributed by atoms with Crippen molar-refractivity contribution in [1.29, 1.82) is 0 Å². The van der Waals surface area contributed by atoms with Gasteiger partial charge in [-0.15, -0.1) is 0 Å². The number of halogens is 1. The predicted octanol–water partition coefficient (Wildman–Crippen LogP) is 2.45. The van der Waals surface area contributed by atoms with Crippen molar-refractivity contribution in [3.63, 3.8) is 0 Å². The molecule has 0 spiro atoms. The Morgan fingerprint density at radius 1 is 1.04 bits per heavy atom. The number of hydrogen-bond donors (Lipinski definition) is 3. The highest BCUT2D eigenvalue weighted by atomic mass is 35.5. The molecule has 6 nitrogen and oxygen atoms in total. The van der Waals surface area contributed by atoms with Gasteiger partial charge in [-0.25, -0.2) is 0 Å². The highest BCUT2D eigenvalue weighted by Crippen LogP contribution is 2.15. The summed E-state index contributed by atoms with van der Waals surface area (Å²) in [6.07, 6.45) is 2.85. The van der Waals surface area contributed by atoms with Gasteiger partial charge >= 0.3 is 0 Å². The maximum absolute atomic E-state index is 11.8. The van der Waals surface area contributed by atoms with Gasteiger partial charge in [-0.3, -0.25) is 25.8 Å². The zero-order valence-corrected chi connectivity index (χ0v) is 15.1. The second-order valence-electron chi connectivity index (χ2n) is 4.95. The van der Waals surface area contributed by atoms with Crippen LogP contribution in [-0.2, 0) is 9.59 Å². The summed E-state index contributed by atoms with van der Waals surface area (Å²) in [5.74, 6) is -0.336. The SMILES string of the molecule is O=C(C=Cc1ccccc1Cl)NC(=S)NNC(=O)COc1ccccc1. The first kappa shape index (κ1) is 19.4. The summed E-state index contributed by atoms with van der Waals surface area (Å²) in [6, 6.07) is 16.0. The van der Waals surface area contributed by atoms with E-state index in [-0.39, 0.29) is 11.7 Å². The van der Waals surface area contributed by atoms with Crippen LogP contribution < -0.4 is 20.9 Å². The van der Waals surface area contributed by atoms with Crippen LogP contribution in [0, 0.1) is 0 Å². The molecule has 2 amide bonds. The monoisotopic (exact) mass is 389 g/mol. The summed E-state index contributed by atoms with van der Waals surface area (Å²) in [7, 11) is 0. The van der Waals surface area contributed by atoms with Gasteiger partial charge in [0.05, 0.1) is 0 Å². The molecule has 8 heteroatoms. The van der Waals surface area contributed by atoms with Gasteiger partial charge in [0, 0.05) is 11.1 Å². The third-order valence-electron chi connectivity index (χ3n) is 2.98. The molecule has 0 aliphatic rings. The lowest BCUT2D eigenvalue weighted by molar-refractivity contribution is -0.123. The fourth-order valence-corrected chi connectivity index (χ4v) is 2.14. The predicted molar refractivity (Wildman–Crippen MR) is 104 cm³/mol. The lowest BCUT2D eigenvalue weighted by Crippen LogP contribution is -2.49. The third-order valence-corrected chi connectivity index (χ3v) is 3.53. The number of thiocarbonyl (C=S) groups is 1. The minimum Gasteiger partial charge on any atom is -0.484 e. The molecule has 0 heterocycles. The lowest BCUT2D eigenvalue weighted by Gasteiger charge is -2.10. The van der Waals surface area contributed by atoms with E-state index in [0.717, 1.165) is 0 Å². The van der Waals surface area contributed by atoms with Crippen molar-refractivity contribution in [2.45, 2.75) is 0 Å². The van der Waals surface area contributed by atoms with E-state index in [1.807, 2.05) is 12.1 Å². The van der Waals surface area contributed by atoms with Crippen LogP contribution in [0.2, 0.25) is 5.02 Å². The average Bonchev–Trinajstić information content (AvgIpc) is 2.65. The van der Waals surface area contributed by atoms with Gasteiger partial charge in [0.1, 0.15) is 5.75 Å². The Bertz CT molecular complexity index is 812. The Hall–Kier alpha value is -2.90. The van der Waals surface area contributed by atoms with Gasteiger partial charge in [-0.05, 0) is 42.1 Å². The van der Waals surface area contributed by atoms with E-state index in [4.69, 9.17) is 28.6 Å². The molecule has 0 bridgehead atoms. The van der Waals surface area contributed by atoms with E-state index < -0.39 is 11.8 Å². The molecule has 0 radical (unpaired) electrons. The van der Waals surface area contributed by atoms with Crippen molar-refractivity contribution in [2.75, 3.05) is 6.61 Å². The topological polar surface area (TPSA) is 79.5 Å². The fraction of sp³-hybridized carbons (Fsp3) is 0.0556. The van der Waals surface area contributed by atoms with Crippen molar-refractivity contribution in [3.05, 3.63) is 71.3 Å². The summed E-state index contributed by atoms with van der Waals surface area (Å²) in [5, 5.41) is 2.88. The molecule has 26 heavy (non-hydrogen) atoms. The van der Waals surface area contributed by atoms with Crippen LogP contribution in [0.15, 0.2) is 60.7 Å². The summed E-state index contributed by atoms with van der Waals surface area (Å²) < 4.78 is 5.27. The highest BCUT2D eigenvalue weighted by Gasteiger charge is 2.05. The van der Waals surface area contributed by atoms with Gasteiger partial charge < -0.3 is 4.74 Å². The van der Waals surface area contributed by atoms with Crippen molar-refractivity contribution in [1.82, 2.24) is 16.2 Å². The van der Waals surface area contributed by atoms with Gasteiger partial charge in [-0.1, -0.05) is 48.0 Å². The van der Waals surface area contributed by atoms with Gasteiger partial charge in [0.15, 0.2) is 11.7 Å². The zero-order chi connectivity index (χ0) is 18.8. The van der Waals surface area contributed by atoms with Crippen LogP contribution in [0.25, 0.3) is 6.08 Å². The summed E-state index contributed by atoms with van der Waals surface area (Å²) >= 11 is 10.9. The molecule has 0 aromatic heterocycles. The number of amides is 2. The molecule has 0 aliphatic heterocycles. The summed E-state index contributed by atoms with van der Waals surface area (Å²) in [5.41, 5.74) is 5.45. The van der Waals surface area contributed by atoms with Crippen LogP contribution in [0.5, 0.6) is 5.75 Å². The maximum Gasteiger partial charge on any atom is 0.276 e. The van der Waals surface area contributed by atoms with E-state index in [2.05, 4.69) is 16.2 Å². The molecule has 0 unspecified atom stereocenters. The van der Waals surface area contributed by atoms with E-state index in [1.54, 1.807) is 48.5 Å². The van der Waals surface area contributed by atoms with Crippen LogP contribution >= 0.6 is 23.8 Å². The smallest absolute Gasteiger partial charge is 0.276 e. The first-order chi connectivity index (χ1) is 12.5. The molecule has 2 aromatic carbocycles. The average molecular weight is 390 g/mol. The molecule has 2 rings (SSSR count). The lowest BCUT2D eigenvalue weighted by atomic mass is 10.2. The molecule has 0 aliphatic carbocycles. The van der Waals surface area contributed by atoms with Crippen molar-refractivity contribution in [2.24, 2.45) is 0 Å². The quantitative estimate of drug-likeness (QED) is 0.416. The first-order valence-electron chi connectivity index (χ1n) is 7.55. The normalized spacial score (nSPS) is 10.2. The van der Waals surface area contributed by atoms with E-state index >= 15 is 0 Å². The minimum atomic E-state index is -0.461. The molecule has 2 aromatic rings. The molecule has 3 N–H and O–H groups in total. The first-order valence-corrected chi connectivity index (χ1v) is 8.33. The van der Waals surface area contributed by atoms with Gasteiger partial charge in [-0.2, -0.15) is 0 Å². The number of hydrogen-bond acceptors (Lipinski definition) is 4. The number of carbonyl (C=O) groups excluding carboxylic acids is 2. The second kappa shape index (κ2) is 10.2. The van der Waals surface area contributed by atoms with Gasteiger partial charge in [0.25, 0.3) is 5.91 Å². The Labute approximate surface area is 161 Å². The Kier molecular flexibility index (Phi) is 7.60. The summed E-state index contributed by atoms with van der Waals surface area (Å²) in [4.78, 5) is 23.4. The molecule has 134 valence electrons. The zero-order valence-electron chi connectivity index (χ0n) is 13.6. The van der Waals surface area contributed by atoms with E-state index in [1.165, 1.54) is 6.08 Å². The molecule has 0 fully saturated rings. The van der Waals surface area contributed by atoms with Crippen molar-refractivity contribution in [3.8, 4) is 5.75 Å². The van der Waals surface area contributed by atoms with Crippen molar-refractivity contribution < 1.29 is 14.3 Å². The number of rotatable bonds is 5. The van der Waals surface area contributed by atoms with Crippen LogP contribution in [0.4, 0.5) is 0 Å². The Morgan fingerprint density at radius 2 is 1.73 bits per heavy atom. The number of nitrogens with one attached hydrogen (secondary N) is 3.